The number of nitrogens with zero attached hydrogens (tertiary/aromatic N) is 1. The Morgan fingerprint density at radius 1 is 1.42 bits per heavy atom. The van der Waals surface area contributed by atoms with Crippen molar-refractivity contribution in [2.24, 2.45) is 5.84 Å². The molecule has 0 radical (unpaired) electrons. The molecular formula is C11H20N4O3S. The van der Waals surface area contributed by atoms with Gasteiger partial charge in [-0.15, -0.1) is 0 Å². The van der Waals surface area contributed by atoms with Crippen LogP contribution in [0.2, 0.25) is 0 Å². The van der Waals surface area contributed by atoms with Crippen molar-refractivity contribution in [2.75, 3.05) is 25.2 Å². The maximum Gasteiger partial charge on any atom is 0.244 e. The molecular weight excluding hydrogens is 268 g/mol. The van der Waals surface area contributed by atoms with E-state index in [1.807, 2.05) is 0 Å². The molecule has 4 N–H and O–H groups in total. The summed E-state index contributed by atoms with van der Waals surface area (Å²) < 4.78 is 31.7. The van der Waals surface area contributed by atoms with Gasteiger partial charge in [0.05, 0.1) is 6.61 Å². The minimum atomic E-state index is -3.63. The molecule has 108 valence electrons. The molecule has 1 aromatic heterocycles. The van der Waals surface area contributed by atoms with Crippen LogP contribution < -0.4 is 16.0 Å². The van der Waals surface area contributed by atoms with Gasteiger partial charge in [-0.05, 0) is 18.6 Å². The number of aromatic nitrogens is 1. The summed E-state index contributed by atoms with van der Waals surface area (Å²) in [4.78, 5) is 3.87. The lowest BCUT2D eigenvalue weighted by Crippen LogP contribution is -2.29. The fraction of sp³-hybridized carbons (Fsp3) is 0.545. The van der Waals surface area contributed by atoms with E-state index in [0.29, 0.717) is 13.2 Å². The monoisotopic (exact) mass is 288 g/mol. The number of sulfonamides is 1. The number of hydrogen-bond acceptors (Lipinski definition) is 6. The molecule has 0 aliphatic heterocycles. The first-order valence-corrected chi connectivity index (χ1v) is 7.59. The van der Waals surface area contributed by atoms with Crippen LogP contribution in [-0.2, 0) is 14.8 Å². The highest BCUT2D eigenvalue weighted by Crippen LogP contribution is 2.16. The molecule has 0 unspecified atom stereocenters. The molecule has 0 spiro atoms. The summed E-state index contributed by atoms with van der Waals surface area (Å²) in [6.45, 7) is 3.26. The van der Waals surface area contributed by atoms with Gasteiger partial charge in [-0.3, -0.25) is 0 Å². The predicted octanol–water partition coefficient (Wildman–Crippen LogP) is 0.462. The largest absolute Gasteiger partial charge is 0.380 e. The molecule has 0 saturated heterocycles. The zero-order chi connectivity index (χ0) is 14.1. The number of ether oxygens (including phenoxy) is 1. The molecule has 0 atom stereocenters. The Bertz CT molecular complexity index is 479. The van der Waals surface area contributed by atoms with Crippen LogP contribution in [0.5, 0.6) is 0 Å². The van der Waals surface area contributed by atoms with Crippen molar-refractivity contribution in [1.82, 2.24) is 9.71 Å². The van der Waals surface area contributed by atoms with Crippen molar-refractivity contribution in [3.63, 3.8) is 0 Å². The predicted molar refractivity (Wildman–Crippen MR) is 73.0 cm³/mol. The zero-order valence-corrected chi connectivity index (χ0v) is 11.7. The van der Waals surface area contributed by atoms with E-state index in [0.717, 1.165) is 12.8 Å². The lowest BCUT2D eigenvalue weighted by Gasteiger charge is -2.10. The summed E-state index contributed by atoms with van der Waals surface area (Å²) in [6, 6.07) is 2.97. The smallest absolute Gasteiger partial charge is 0.244 e. The van der Waals surface area contributed by atoms with Crippen LogP contribution in [0.4, 0.5) is 5.82 Å². The Morgan fingerprint density at radius 3 is 2.89 bits per heavy atom. The molecule has 1 rings (SSSR count). The number of hydrazine groups is 1. The van der Waals surface area contributed by atoms with Gasteiger partial charge in [-0.25, -0.2) is 24.0 Å². The van der Waals surface area contributed by atoms with Crippen molar-refractivity contribution in [1.29, 1.82) is 0 Å². The van der Waals surface area contributed by atoms with Gasteiger partial charge in [0, 0.05) is 19.3 Å². The Hall–Kier alpha value is -1.22. The van der Waals surface area contributed by atoms with Crippen LogP contribution in [0, 0.1) is 0 Å². The number of unbranched alkanes of at least 4 members (excludes halogenated alkanes) is 1. The van der Waals surface area contributed by atoms with Gasteiger partial charge in [0.15, 0.2) is 5.82 Å². The Morgan fingerprint density at radius 2 is 2.21 bits per heavy atom. The third-order valence-corrected chi connectivity index (χ3v) is 3.87. The highest BCUT2D eigenvalue weighted by atomic mass is 32.2. The van der Waals surface area contributed by atoms with Crippen LogP contribution in [-0.4, -0.2) is 33.2 Å². The van der Waals surface area contributed by atoms with Crippen molar-refractivity contribution >= 4 is 15.8 Å². The molecule has 0 bridgehead atoms. The van der Waals surface area contributed by atoms with Crippen molar-refractivity contribution < 1.29 is 13.2 Å². The summed E-state index contributed by atoms with van der Waals surface area (Å²) in [5.41, 5.74) is 2.26. The van der Waals surface area contributed by atoms with E-state index in [-0.39, 0.29) is 17.3 Å². The Kier molecular flexibility index (Phi) is 6.71. The summed E-state index contributed by atoms with van der Waals surface area (Å²) in [7, 11) is -3.63. The van der Waals surface area contributed by atoms with E-state index >= 15 is 0 Å². The quantitative estimate of drug-likeness (QED) is 0.346. The second-order valence-corrected chi connectivity index (χ2v) is 5.59. The molecule has 0 aliphatic rings. The van der Waals surface area contributed by atoms with E-state index in [1.54, 1.807) is 0 Å². The minimum absolute atomic E-state index is 0.0195. The van der Waals surface area contributed by atoms with E-state index in [2.05, 4.69) is 22.1 Å². The summed E-state index contributed by atoms with van der Waals surface area (Å²) in [5.74, 6) is 5.34. The topological polar surface area (TPSA) is 106 Å². The maximum atomic E-state index is 12.0. The van der Waals surface area contributed by atoms with Crippen LogP contribution >= 0.6 is 0 Å². The number of nitrogen functional groups attached to an aromatic ring is 1. The normalized spacial score (nSPS) is 11.5. The van der Waals surface area contributed by atoms with Gasteiger partial charge in [0.25, 0.3) is 0 Å². The molecule has 0 saturated carbocycles. The summed E-state index contributed by atoms with van der Waals surface area (Å²) >= 11 is 0. The lowest BCUT2D eigenvalue weighted by molar-refractivity contribution is 0.136. The molecule has 0 aromatic carbocycles. The highest BCUT2D eigenvalue weighted by molar-refractivity contribution is 7.89. The fourth-order valence-corrected chi connectivity index (χ4v) is 2.52. The molecule has 0 fully saturated rings. The first-order chi connectivity index (χ1) is 9.11. The van der Waals surface area contributed by atoms with Gasteiger partial charge in [0.1, 0.15) is 4.90 Å². The van der Waals surface area contributed by atoms with E-state index in [1.165, 1.54) is 18.3 Å². The molecule has 19 heavy (non-hydrogen) atoms. The maximum absolute atomic E-state index is 12.0. The van der Waals surface area contributed by atoms with Gasteiger partial charge >= 0.3 is 0 Å². The van der Waals surface area contributed by atoms with Crippen LogP contribution in [0.3, 0.4) is 0 Å². The average Bonchev–Trinajstić information content (AvgIpc) is 2.42. The number of anilines is 1. The number of pyridine rings is 1. The van der Waals surface area contributed by atoms with Crippen molar-refractivity contribution in [2.45, 2.75) is 24.7 Å². The molecule has 0 aliphatic carbocycles. The van der Waals surface area contributed by atoms with Crippen LogP contribution in [0.25, 0.3) is 0 Å². The zero-order valence-electron chi connectivity index (χ0n) is 10.9. The van der Waals surface area contributed by atoms with Gasteiger partial charge in [-0.1, -0.05) is 13.3 Å². The number of nitrogens with two attached hydrogens (primary N) is 1. The Balaban J connectivity index is 2.52. The van der Waals surface area contributed by atoms with E-state index < -0.39 is 10.0 Å². The molecule has 1 aromatic rings. The number of nitrogens with one attached hydrogen (secondary N) is 2. The average molecular weight is 288 g/mol. The lowest BCUT2D eigenvalue weighted by atomic mass is 10.4. The van der Waals surface area contributed by atoms with Crippen molar-refractivity contribution in [3.05, 3.63) is 18.3 Å². The standard InChI is InChI=1S/C11H20N4O3S/c1-2-3-8-18-9-7-14-19(16,17)10-5-4-6-13-11(10)15-12/h4-6,14H,2-3,7-9,12H2,1H3,(H,13,15). The summed E-state index contributed by atoms with van der Waals surface area (Å²) in [5, 5.41) is 0. The second-order valence-electron chi connectivity index (χ2n) is 3.86. The SMILES string of the molecule is CCCCOCCNS(=O)(=O)c1cccnc1NN. The third-order valence-electron chi connectivity index (χ3n) is 2.38. The first-order valence-electron chi connectivity index (χ1n) is 6.11. The van der Waals surface area contributed by atoms with Gasteiger partial charge in [-0.2, -0.15) is 0 Å². The first kappa shape index (κ1) is 15.8. The van der Waals surface area contributed by atoms with Gasteiger partial charge < -0.3 is 10.2 Å². The second kappa shape index (κ2) is 8.05. The fourth-order valence-electron chi connectivity index (χ4n) is 1.39. The minimum Gasteiger partial charge on any atom is -0.380 e. The Labute approximate surface area is 113 Å². The molecule has 0 amide bonds. The number of rotatable bonds is 9. The molecule has 7 nitrogen and oxygen atoms in total. The van der Waals surface area contributed by atoms with Gasteiger partial charge in [0.2, 0.25) is 10.0 Å². The van der Waals surface area contributed by atoms with E-state index in [9.17, 15) is 8.42 Å². The third kappa shape index (κ3) is 5.11. The van der Waals surface area contributed by atoms with Crippen molar-refractivity contribution in [3.8, 4) is 0 Å². The summed E-state index contributed by atoms with van der Waals surface area (Å²) in [6.07, 6.45) is 3.48. The number of hydrogen-bond donors (Lipinski definition) is 3. The van der Waals surface area contributed by atoms with E-state index in [4.69, 9.17) is 10.6 Å². The molecule has 8 heteroatoms. The highest BCUT2D eigenvalue weighted by Gasteiger charge is 2.18. The van der Waals surface area contributed by atoms with Crippen LogP contribution in [0.15, 0.2) is 23.2 Å². The van der Waals surface area contributed by atoms with Crippen LogP contribution in [0.1, 0.15) is 19.8 Å². The molecule has 1 heterocycles.